The van der Waals surface area contributed by atoms with Crippen LogP contribution in [-0.4, -0.2) is 19.2 Å². The average molecular weight is 352 g/mol. The number of hydrogen-bond acceptors (Lipinski definition) is 5. The van der Waals surface area contributed by atoms with Gasteiger partial charge in [0.2, 0.25) is 0 Å². The standard InChI is InChI=1S/C15H13FN2O5S/c1-9-3-4-14(10(2)5-9)15(19)17-24(22,23)13-7-11(16)6-12(8-13)18(20)21/h3-8H,1-2H3,(H,17,19). The topological polar surface area (TPSA) is 106 Å². The summed E-state index contributed by atoms with van der Waals surface area (Å²) in [5.74, 6) is -2.00. The molecule has 0 atom stereocenters. The molecule has 9 heteroatoms. The van der Waals surface area contributed by atoms with Crippen LogP contribution in [0.15, 0.2) is 41.3 Å². The highest BCUT2D eigenvalue weighted by Gasteiger charge is 2.23. The summed E-state index contributed by atoms with van der Waals surface area (Å²) in [4.78, 5) is 21.2. The molecular weight excluding hydrogens is 339 g/mol. The van der Waals surface area contributed by atoms with Crippen molar-refractivity contribution in [2.24, 2.45) is 0 Å². The van der Waals surface area contributed by atoms with Gasteiger partial charge in [-0.05, 0) is 31.5 Å². The van der Waals surface area contributed by atoms with Gasteiger partial charge in [0, 0.05) is 11.6 Å². The second-order valence-electron chi connectivity index (χ2n) is 5.16. The molecule has 2 aromatic rings. The van der Waals surface area contributed by atoms with E-state index < -0.39 is 37.3 Å². The van der Waals surface area contributed by atoms with Gasteiger partial charge in [-0.15, -0.1) is 0 Å². The van der Waals surface area contributed by atoms with Crippen LogP contribution in [0.5, 0.6) is 0 Å². The zero-order chi connectivity index (χ0) is 18.1. The first-order valence-corrected chi connectivity index (χ1v) is 8.18. The maximum absolute atomic E-state index is 13.4. The SMILES string of the molecule is Cc1ccc(C(=O)NS(=O)(=O)c2cc(F)cc([N+](=O)[O-])c2)c(C)c1. The number of sulfonamides is 1. The largest absolute Gasteiger partial charge is 0.273 e. The van der Waals surface area contributed by atoms with Crippen molar-refractivity contribution in [2.75, 3.05) is 0 Å². The number of nitro groups is 1. The normalized spacial score (nSPS) is 11.1. The van der Waals surface area contributed by atoms with Crippen molar-refractivity contribution < 1.29 is 22.5 Å². The van der Waals surface area contributed by atoms with E-state index in [-0.39, 0.29) is 5.56 Å². The Morgan fingerprint density at radius 2 is 1.83 bits per heavy atom. The average Bonchev–Trinajstić information content (AvgIpc) is 2.45. The van der Waals surface area contributed by atoms with Gasteiger partial charge in [0.1, 0.15) is 5.82 Å². The monoisotopic (exact) mass is 352 g/mol. The molecule has 0 spiro atoms. The van der Waals surface area contributed by atoms with Crippen LogP contribution in [0.2, 0.25) is 0 Å². The molecule has 0 heterocycles. The van der Waals surface area contributed by atoms with Crippen LogP contribution in [-0.2, 0) is 10.0 Å². The number of benzene rings is 2. The lowest BCUT2D eigenvalue weighted by molar-refractivity contribution is -0.385. The van der Waals surface area contributed by atoms with E-state index in [1.165, 1.54) is 6.07 Å². The van der Waals surface area contributed by atoms with Crippen LogP contribution in [0.4, 0.5) is 10.1 Å². The maximum atomic E-state index is 13.4. The smallest absolute Gasteiger partial charge is 0.268 e. The molecule has 2 aromatic carbocycles. The molecule has 0 fully saturated rings. The van der Waals surface area contributed by atoms with Crippen LogP contribution in [0.1, 0.15) is 21.5 Å². The highest BCUT2D eigenvalue weighted by Crippen LogP contribution is 2.20. The Balaban J connectivity index is 2.38. The van der Waals surface area contributed by atoms with Crippen molar-refractivity contribution in [3.05, 3.63) is 69.0 Å². The summed E-state index contributed by atoms with van der Waals surface area (Å²) in [7, 11) is -4.46. The number of halogens is 1. The van der Waals surface area contributed by atoms with Crippen LogP contribution in [0, 0.1) is 29.8 Å². The van der Waals surface area contributed by atoms with E-state index in [0.717, 1.165) is 5.56 Å². The summed E-state index contributed by atoms with van der Waals surface area (Å²) in [6.45, 7) is 3.46. The van der Waals surface area contributed by atoms with E-state index in [1.54, 1.807) is 23.8 Å². The molecule has 0 radical (unpaired) electrons. The highest BCUT2D eigenvalue weighted by molar-refractivity contribution is 7.90. The second-order valence-corrected chi connectivity index (χ2v) is 6.84. The van der Waals surface area contributed by atoms with Gasteiger partial charge in [-0.2, -0.15) is 0 Å². The lowest BCUT2D eigenvalue weighted by atomic mass is 10.1. The van der Waals surface area contributed by atoms with Gasteiger partial charge < -0.3 is 0 Å². The molecular formula is C15H13FN2O5S. The first-order chi connectivity index (χ1) is 11.1. The number of carbonyl (C=O) groups excluding carboxylic acids is 1. The fourth-order valence-electron chi connectivity index (χ4n) is 2.11. The number of nitrogens with zero attached hydrogens (tertiary/aromatic N) is 1. The van der Waals surface area contributed by atoms with Crippen molar-refractivity contribution in [1.29, 1.82) is 0 Å². The summed E-state index contributed by atoms with van der Waals surface area (Å²) >= 11 is 0. The molecule has 126 valence electrons. The van der Waals surface area contributed by atoms with Crippen molar-refractivity contribution in [1.82, 2.24) is 4.72 Å². The van der Waals surface area contributed by atoms with Gasteiger partial charge in [-0.3, -0.25) is 14.9 Å². The molecule has 0 aliphatic rings. The molecule has 0 aliphatic carbocycles. The first-order valence-electron chi connectivity index (χ1n) is 6.69. The maximum Gasteiger partial charge on any atom is 0.273 e. The van der Waals surface area contributed by atoms with Gasteiger partial charge in [0.05, 0.1) is 15.9 Å². The van der Waals surface area contributed by atoms with Crippen molar-refractivity contribution >= 4 is 21.6 Å². The first kappa shape index (κ1) is 17.5. The Morgan fingerprint density at radius 3 is 2.42 bits per heavy atom. The van der Waals surface area contributed by atoms with E-state index in [1.807, 2.05) is 6.92 Å². The van der Waals surface area contributed by atoms with Gasteiger partial charge in [-0.25, -0.2) is 17.5 Å². The van der Waals surface area contributed by atoms with E-state index in [4.69, 9.17) is 0 Å². The summed E-state index contributed by atoms with van der Waals surface area (Å²) in [5, 5.41) is 10.7. The van der Waals surface area contributed by atoms with E-state index in [0.29, 0.717) is 23.8 Å². The van der Waals surface area contributed by atoms with Crippen LogP contribution >= 0.6 is 0 Å². The summed E-state index contributed by atoms with van der Waals surface area (Å²) in [6.07, 6.45) is 0. The van der Waals surface area contributed by atoms with Crippen LogP contribution < -0.4 is 4.72 Å². The minimum absolute atomic E-state index is 0.134. The lowest BCUT2D eigenvalue weighted by Gasteiger charge is -2.09. The van der Waals surface area contributed by atoms with E-state index in [2.05, 4.69) is 0 Å². The van der Waals surface area contributed by atoms with Gasteiger partial charge in [0.15, 0.2) is 0 Å². The van der Waals surface area contributed by atoms with Gasteiger partial charge >= 0.3 is 0 Å². The number of carbonyl (C=O) groups is 1. The number of hydrogen-bond donors (Lipinski definition) is 1. The number of nitro benzene ring substituents is 1. The molecule has 1 N–H and O–H groups in total. The molecule has 1 amide bonds. The number of nitrogens with one attached hydrogen (secondary N) is 1. The fraction of sp³-hybridized carbons (Fsp3) is 0.133. The molecule has 0 unspecified atom stereocenters. The fourth-order valence-corrected chi connectivity index (χ4v) is 3.13. The Morgan fingerprint density at radius 1 is 1.17 bits per heavy atom. The second kappa shape index (κ2) is 6.36. The third-order valence-corrected chi connectivity index (χ3v) is 4.54. The quantitative estimate of drug-likeness (QED) is 0.672. The molecule has 2 rings (SSSR count). The van der Waals surface area contributed by atoms with Gasteiger partial charge in [-0.1, -0.05) is 17.7 Å². The Kier molecular flexibility index (Phi) is 4.65. The summed E-state index contributed by atoms with van der Waals surface area (Å²) in [6, 6.07) is 6.68. The van der Waals surface area contributed by atoms with Crippen LogP contribution in [0.25, 0.3) is 0 Å². The number of amides is 1. The molecule has 0 aliphatic heterocycles. The number of non-ortho nitro benzene ring substituents is 1. The minimum atomic E-state index is -4.46. The molecule has 0 aromatic heterocycles. The third-order valence-electron chi connectivity index (χ3n) is 3.23. The molecule has 0 bridgehead atoms. The Labute approximate surface area is 137 Å². The Hall–Kier alpha value is -2.81. The zero-order valence-corrected chi connectivity index (χ0v) is 13.6. The van der Waals surface area contributed by atoms with Gasteiger partial charge in [0.25, 0.3) is 21.6 Å². The lowest BCUT2D eigenvalue weighted by Crippen LogP contribution is -2.31. The van der Waals surface area contributed by atoms with E-state index in [9.17, 15) is 27.7 Å². The predicted molar refractivity (Wildman–Crippen MR) is 83.6 cm³/mol. The third kappa shape index (κ3) is 3.74. The van der Waals surface area contributed by atoms with Crippen molar-refractivity contribution in [3.8, 4) is 0 Å². The predicted octanol–water partition coefficient (Wildman–Crippen LogP) is 2.47. The van der Waals surface area contributed by atoms with Crippen molar-refractivity contribution in [3.63, 3.8) is 0 Å². The summed E-state index contributed by atoms with van der Waals surface area (Å²) in [5.41, 5.74) is 0.866. The Bertz CT molecular complexity index is 941. The summed E-state index contributed by atoms with van der Waals surface area (Å²) < 4.78 is 39.6. The highest BCUT2D eigenvalue weighted by atomic mass is 32.2. The van der Waals surface area contributed by atoms with E-state index >= 15 is 0 Å². The molecule has 0 saturated carbocycles. The molecule has 7 nitrogen and oxygen atoms in total. The van der Waals surface area contributed by atoms with Crippen LogP contribution in [0.3, 0.4) is 0 Å². The number of aryl methyl sites for hydroxylation is 2. The molecule has 24 heavy (non-hydrogen) atoms. The molecule has 0 saturated heterocycles. The number of rotatable bonds is 4. The zero-order valence-electron chi connectivity index (χ0n) is 12.7. The van der Waals surface area contributed by atoms with Crippen molar-refractivity contribution in [2.45, 2.75) is 18.7 Å². The minimum Gasteiger partial charge on any atom is -0.268 e.